The molecule has 1 unspecified atom stereocenters. The topological polar surface area (TPSA) is 0 Å². The molecule has 266 valence electrons. The van der Waals surface area contributed by atoms with Gasteiger partial charge in [-0.1, -0.05) is 139 Å². The van der Waals surface area contributed by atoms with Crippen LogP contribution in [-0.4, -0.2) is 5.43 Å². The summed E-state index contributed by atoms with van der Waals surface area (Å²) >= 11 is 1.74. The molecule has 0 heterocycles. The molecule has 6 aromatic rings. The van der Waals surface area contributed by atoms with Gasteiger partial charge < -0.3 is 24.8 Å². The average molecular weight is 809 g/mol. The normalized spacial score (nSPS) is 13.8. The molecule has 0 aromatic heterocycles. The number of rotatable bonds is 3. The van der Waals surface area contributed by atoms with Crippen LogP contribution in [0, 0.1) is 13.8 Å². The van der Waals surface area contributed by atoms with Crippen molar-refractivity contribution >= 4 is 27.0 Å². The molecule has 1 atom stereocenters. The van der Waals surface area contributed by atoms with E-state index in [0.29, 0.717) is 5.92 Å². The van der Waals surface area contributed by atoms with Crippen LogP contribution in [0.2, 0.25) is 13.1 Å². The van der Waals surface area contributed by atoms with Crippen LogP contribution in [-0.2, 0) is 34.2 Å². The zero-order valence-corrected chi connectivity index (χ0v) is 37.2. The summed E-state index contributed by atoms with van der Waals surface area (Å²) in [4.78, 5) is 0. The van der Waals surface area contributed by atoms with Crippen molar-refractivity contribution in [3.63, 3.8) is 0 Å². The Morgan fingerprint density at radius 1 is 0.667 bits per heavy atom. The Hall–Kier alpha value is -2.48. The van der Waals surface area contributed by atoms with Gasteiger partial charge in [-0.05, 0) is 51.8 Å². The van der Waals surface area contributed by atoms with Gasteiger partial charge in [0, 0.05) is 0 Å². The van der Waals surface area contributed by atoms with E-state index < -0.39 is 0 Å². The van der Waals surface area contributed by atoms with Crippen molar-refractivity contribution in [3.05, 3.63) is 143 Å². The minimum atomic E-state index is 0. The molecule has 0 nitrogen and oxygen atoms in total. The first-order chi connectivity index (χ1) is 23.1. The largest absolute Gasteiger partial charge is 1.00 e. The SMILES string of the molecule is CC(C)(C)c1ccc(-c2cccc3[cH-]c(C4C=CCC4)cc23)cc1.C[Si](C)=[Zr+2].Cc1cc2c(-c3ccc(C(C)(C)C)cc3)ccc(C)c2[cH-]1.[Cl-].[Cl-]. The van der Waals surface area contributed by atoms with Gasteiger partial charge in [0.15, 0.2) is 0 Å². The molecule has 4 heteroatoms. The molecule has 0 bridgehead atoms. The molecular weight excluding hydrogens is 755 g/mol. The summed E-state index contributed by atoms with van der Waals surface area (Å²) in [6, 6.07) is 38.7. The summed E-state index contributed by atoms with van der Waals surface area (Å²) in [7, 11) is 0. The fourth-order valence-electron chi connectivity index (χ4n) is 6.77. The van der Waals surface area contributed by atoms with Crippen LogP contribution in [0.3, 0.4) is 0 Å². The molecule has 6 aromatic carbocycles. The van der Waals surface area contributed by atoms with Crippen LogP contribution in [0.4, 0.5) is 0 Å². The van der Waals surface area contributed by atoms with Gasteiger partial charge in [-0.15, -0.1) is 68.6 Å². The van der Waals surface area contributed by atoms with Gasteiger partial charge in [0.2, 0.25) is 0 Å². The van der Waals surface area contributed by atoms with Crippen LogP contribution in [0.1, 0.15) is 88.1 Å². The van der Waals surface area contributed by atoms with Crippen molar-refractivity contribution < 1.29 is 48.1 Å². The Balaban J connectivity index is 0.000000243. The van der Waals surface area contributed by atoms with Gasteiger partial charge in [0.25, 0.3) is 0 Å². The maximum atomic E-state index is 2.41. The van der Waals surface area contributed by atoms with Crippen molar-refractivity contribution in [2.75, 3.05) is 0 Å². The van der Waals surface area contributed by atoms with Gasteiger partial charge >= 0.3 is 41.9 Å². The summed E-state index contributed by atoms with van der Waals surface area (Å²) in [6.45, 7) is 22.5. The molecule has 0 amide bonds. The van der Waals surface area contributed by atoms with Crippen LogP contribution >= 0.6 is 0 Å². The third-order valence-corrected chi connectivity index (χ3v) is 9.59. The molecule has 1 aliphatic carbocycles. The first-order valence-electron chi connectivity index (χ1n) is 17.9. The van der Waals surface area contributed by atoms with E-state index in [-0.39, 0.29) is 41.1 Å². The summed E-state index contributed by atoms with van der Waals surface area (Å²) < 4.78 is 0. The van der Waals surface area contributed by atoms with E-state index >= 15 is 0 Å². The molecule has 0 spiro atoms. The van der Waals surface area contributed by atoms with Crippen LogP contribution in [0.5, 0.6) is 0 Å². The van der Waals surface area contributed by atoms with Crippen molar-refractivity contribution in [2.24, 2.45) is 0 Å². The van der Waals surface area contributed by atoms with E-state index in [2.05, 4.69) is 184 Å². The number of aryl methyl sites for hydroxylation is 2. The van der Waals surface area contributed by atoms with Crippen LogP contribution in [0.25, 0.3) is 43.8 Å². The third kappa shape index (κ3) is 10.8. The fraction of sp³-hybridized carbons (Fsp3) is 0.319. The van der Waals surface area contributed by atoms with Gasteiger partial charge in [0.05, 0.1) is 0 Å². The maximum absolute atomic E-state index is 2.41. The molecule has 0 N–H and O–H groups in total. The second-order valence-corrected chi connectivity index (χ2v) is 25.5. The third-order valence-electron chi connectivity index (χ3n) is 9.59. The average Bonchev–Trinajstić information content (AvgIpc) is 3.80. The molecule has 7 rings (SSSR count). The van der Waals surface area contributed by atoms with E-state index in [9.17, 15) is 0 Å². The second-order valence-electron chi connectivity index (χ2n) is 16.2. The van der Waals surface area contributed by atoms with Crippen molar-refractivity contribution in [1.82, 2.24) is 0 Å². The Morgan fingerprint density at radius 2 is 1.20 bits per heavy atom. The second kappa shape index (κ2) is 18.0. The minimum Gasteiger partial charge on any atom is -1.00 e. The smallest absolute Gasteiger partial charge is 0.0132 e. The Bertz CT molecular complexity index is 2070. The quantitative estimate of drug-likeness (QED) is 0.0971. The standard InChI is InChI=1S/C24H25.C21H23.C2H6Si.2ClH.Zr/c1-24(2,3)21-13-11-18(12-14-21)22-10-6-9-19-15-20(16-23(19)22)17-7-4-5-8-17;1-14-12-19-15(2)6-11-18(20(19)13-14)16-7-9-17(10-8-16)21(3,4)5;1-3-2;;;/h4,6-7,9-17H,5,8H2,1-3H3;6-13H,1-5H3;1-2H3;2*1H;/q2*-1;;;;+2/p-2. The van der Waals surface area contributed by atoms with Crippen molar-refractivity contribution in [2.45, 2.75) is 98.1 Å². The first kappa shape index (κ1) is 42.9. The zero-order chi connectivity index (χ0) is 35.5. The van der Waals surface area contributed by atoms with Gasteiger partial charge in [-0.25, -0.2) is 0 Å². The number of halogens is 2. The fourth-order valence-corrected chi connectivity index (χ4v) is 6.77. The predicted molar refractivity (Wildman–Crippen MR) is 215 cm³/mol. The molecule has 0 aliphatic heterocycles. The molecule has 0 radical (unpaired) electrons. The number of fused-ring (bicyclic) bond motifs is 2. The Kier molecular flexibility index (Phi) is 15.2. The predicted octanol–water partition coefficient (Wildman–Crippen LogP) is 7.89. The molecular formula is C47H54Cl2SiZr-2. The van der Waals surface area contributed by atoms with Gasteiger partial charge in [-0.2, -0.15) is 12.1 Å². The monoisotopic (exact) mass is 806 g/mol. The molecule has 0 fully saturated rings. The Labute approximate surface area is 336 Å². The zero-order valence-electron chi connectivity index (χ0n) is 32.2. The summed E-state index contributed by atoms with van der Waals surface area (Å²) in [6.07, 6.45) is 7.15. The van der Waals surface area contributed by atoms with Crippen LogP contribution < -0.4 is 24.8 Å². The van der Waals surface area contributed by atoms with E-state index in [4.69, 9.17) is 0 Å². The Morgan fingerprint density at radius 3 is 1.69 bits per heavy atom. The summed E-state index contributed by atoms with van der Waals surface area (Å²) in [5.41, 5.74) is 12.9. The first-order valence-corrected chi connectivity index (χ1v) is 24.1. The molecule has 51 heavy (non-hydrogen) atoms. The number of hydrogen-bond acceptors (Lipinski definition) is 0. The molecule has 0 saturated carbocycles. The van der Waals surface area contributed by atoms with Crippen molar-refractivity contribution in [1.29, 1.82) is 0 Å². The van der Waals surface area contributed by atoms with Crippen molar-refractivity contribution in [3.8, 4) is 22.3 Å². The molecule has 1 aliphatic rings. The number of hydrogen-bond donors (Lipinski definition) is 0. The van der Waals surface area contributed by atoms with E-state index in [1.165, 1.54) is 84.5 Å². The number of allylic oxidation sites excluding steroid dienone is 2. The summed E-state index contributed by atoms with van der Waals surface area (Å²) in [5.74, 6) is 0.605. The van der Waals surface area contributed by atoms with Gasteiger partial charge in [-0.3, -0.25) is 0 Å². The van der Waals surface area contributed by atoms with Gasteiger partial charge in [0.1, 0.15) is 0 Å². The minimum absolute atomic E-state index is 0. The van der Waals surface area contributed by atoms with E-state index in [1.807, 2.05) is 0 Å². The van der Waals surface area contributed by atoms with E-state index in [1.54, 1.807) is 23.3 Å². The number of benzene rings is 4. The van der Waals surface area contributed by atoms with Crippen LogP contribution in [0.15, 0.2) is 115 Å². The summed E-state index contributed by atoms with van der Waals surface area (Å²) in [5, 5.41) is 5.50. The van der Waals surface area contributed by atoms with E-state index in [0.717, 1.165) is 0 Å². The maximum Gasteiger partial charge on any atom is -0.0132 e. The molecule has 0 saturated heterocycles.